The zero-order valence-electron chi connectivity index (χ0n) is 10.7. The lowest BCUT2D eigenvalue weighted by Gasteiger charge is -2.32. The molecule has 7 nitrogen and oxygen atoms in total. The van der Waals surface area contributed by atoms with Gasteiger partial charge >= 0.3 is 6.03 Å². The lowest BCUT2D eigenvalue weighted by molar-refractivity contribution is -0.134. The molecule has 2 fully saturated rings. The van der Waals surface area contributed by atoms with Crippen molar-refractivity contribution in [2.45, 2.75) is 19.4 Å². The van der Waals surface area contributed by atoms with Crippen molar-refractivity contribution in [3.05, 3.63) is 0 Å². The molecule has 7 heteroatoms. The fourth-order valence-electron chi connectivity index (χ4n) is 2.11. The van der Waals surface area contributed by atoms with Gasteiger partial charge < -0.3 is 15.1 Å². The minimum Gasteiger partial charge on any atom is -0.339 e. The smallest absolute Gasteiger partial charge is 0.325 e. The zero-order valence-corrected chi connectivity index (χ0v) is 10.7. The monoisotopic (exact) mass is 254 g/mol. The Hall–Kier alpha value is -1.63. The van der Waals surface area contributed by atoms with E-state index in [0.29, 0.717) is 13.1 Å². The first-order chi connectivity index (χ1) is 8.43. The molecule has 0 spiro atoms. The number of amides is 4. The van der Waals surface area contributed by atoms with Crippen LogP contribution < -0.4 is 10.6 Å². The molecule has 0 radical (unpaired) electrons. The number of carbonyl (C=O) groups is 3. The van der Waals surface area contributed by atoms with Crippen molar-refractivity contribution < 1.29 is 14.4 Å². The van der Waals surface area contributed by atoms with E-state index in [1.165, 1.54) is 4.90 Å². The highest BCUT2D eigenvalue weighted by atomic mass is 16.2. The Morgan fingerprint density at radius 1 is 1.28 bits per heavy atom. The van der Waals surface area contributed by atoms with Crippen molar-refractivity contribution >= 4 is 17.8 Å². The fourth-order valence-corrected chi connectivity index (χ4v) is 2.11. The number of nitrogens with one attached hydrogen (secondary N) is 2. The highest BCUT2D eigenvalue weighted by Gasteiger charge is 2.46. The van der Waals surface area contributed by atoms with Crippen LogP contribution in [0.25, 0.3) is 0 Å². The first-order valence-corrected chi connectivity index (χ1v) is 6.04. The molecule has 18 heavy (non-hydrogen) atoms. The van der Waals surface area contributed by atoms with E-state index in [1.807, 2.05) is 0 Å². The number of piperazine rings is 1. The van der Waals surface area contributed by atoms with Crippen LogP contribution in [0.2, 0.25) is 0 Å². The molecule has 0 aromatic carbocycles. The van der Waals surface area contributed by atoms with Gasteiger partial charge in [0.15, 0.2) is 0 Å². The van der Waals surface area contributed by atoms with Crippen LogP contribution in [0, 0.1) is 0 Å². The molecule has 0 aromatic heterocycles. The van der Waals surface area contributed by atoms with Crippen molar-refractivity contribution in [2.75, 3.05) is 32.7 Å². The number of imide groups is 1. The van der Waals surface area contributed by atoms with E-state index in [1.54, 1.807) is 18.7 Å². The normalized spacial score (nSPS) is 23.2. The molecule has 0 aliphatic carbocycles. The van der Waals surface area contributed by atoms with Crippen LogP contribution >= 0.6 is 0 Å². The van der Waals surface area contributed by atoms with Crippen LogP contribution in [-0.4, -0.2) is 65.9 Å². The van der Waals surface area contributed by atoms with Crippen LogP contribution in [0.1, 0.15) is 13.8 Å². The molecule has 2 aliphatic rings. The topological polar surface area (TPSA) is 81.8 Å². The summed E-state index contributed by atoms with van der Waals surface area (Å²) in [6.07, 6.45) is 0. The summed E-state index contributed by atoms with van der Waals surface area (Å²) in [6.45, 7) is 6.03. The number of nitrogens with zero attached hydrogens (tertiary/aromatic N) is 2. The number of hydrogen-bond donors (Lipinski definition) is 2. The molecule has 2 heterocycles. The van der Waals surface area contributed by atoms with E-state index >= 15 is 0 Å². The quantitative estimate of drug-likeness (QED) is 0.603. The summed E-state index contributed by atoms with van der Waals surface area (Å²) < 4.78 is 0. The summed E-state index contributed by atoms with van der Waals surface area (Å²) in [5.74, 6) is -0.477. The lowest BCUT2D eigenvalue weighted by atomic mass is 10.0. The van der Waals surface area contributed by atoms with Gasteiger partial charge in [-0.05, 0) is 13.8 Å². The van der Waals surface area contributed by atoms with Gasteiger partial charge in [-0.25, -0.2) is 4.79 Å². The predicted molar refractivity (Wildman–Crippen MR) is 63.8 cm³/mol. The van der Waals surface area contributed by atoms with Crippen LogP contribution in [-0.2, 0) is 9.59 Å². The minimum absolute atomic E-state index is 0.0510. The number of urea groups is 1. The summed E-state index contributed by atoms with van der Waals surface area (Å²) in [5.41, 5.74) is -0.958. The average molecular weight is 254 g/mol. The third-order valence-electron chi connectivity index (χ3n) is 3.46. The first kappa shape index (κ1) is 12.8. The number of carbonyl (C=O) groups excluding carboxylic acids is 3. The average Bonchev–Trinajstić information content (AvgIpc) is 2.53. The summed E-state index contributed by atoms with van der Waals surface area (Å²) in [4.78, 5) is 38.3. The Kier molecular flexibility index (Phi) is 3.25. The van der Waals surface area contributed by atoms with E-state index in [9.17, 15) is 14.4 Å². The molecule has 0 saturated carbocycles. The molecule has 0 unspecified atom stereocenters. The van der Waals surface area contributed by atoms with Crippen molar-refractivity contribution in [3.63, 3.8) is 0 Å². The SMILES string of the molecule is CC1(C)C(=O)NC(=O)N1CC(=O)N1CCNCC1. The second-order valence-corrected chi connectivity index (χ2v) is 5.04. The maximum Gasteiger partial charge on any atom is 0.325 e. The first-order valence-electron chi connectivity index (χ1n) is 6.04. The molecule has 2 rings (SSSR count). The van der Waals surface area contributed by atoms with Gasteiger partial charge in [-0.2, -0.15) is 0 Å². The minimum atomic E-state index is -0.958. The second-order valence-electron chi connectivity index (χ2n) is 5.04. The standard InChI is InChI=1S/C11H18N4O3/c1-11(2)9(17)13-10(18)15(11)7-8(16)14-5-3-12-4-6-14/h12H,3-7H2,1-2H3,(H,13,17,18). The van der Waals surface area contributed by atoms with Gasteiger partial charge in [-0.3, -0.25) is 14.9 Å². The molecule has 0 atom stereocenters. The van der Waals surface area contributed by atoms with Gasteiger partial charge in [-0.15, -0.1) is 0 Å². The van der Waals surface area contributed by atoms with E-state index in [-0.39, 0.29) is 18.4 Å². The third kappa shape index (κ3) is 2.17. The van der Waals surface area contributed by atoms with Gasteiger partial charge in [0.2, 0.25) is 5.91 Å². The molecule has 0 aromatic rings. The summed E-state index contributed by atoms with van der Waals surface area (Å²) in [6, 6.07) is -0.492. The van der Waals surface area contributed by atoms with E-state index in [2.05, 4.69) is 10.6 Å². The van der Waals surface area contributed by atoms with E-state index in [4.69, 9.17) is 0 Å². The molecule has 0 bridgehead atoms. The third-order valence-corrected chi connectivity index (χ3v) is 3.46. The highest BCUT2D eigenvalue weighted by Crippen LogP contribution is 2.20. The molecule has 100 valence electrons. The molecule has 2 N–H and O–H groups in total. The van der Waals surface area contributed by atoms with E-state index in [0.717, 1.165) is 13.1 Å². The molecule has 4 amide bonds. The van der Waals surface area contributed by atoms with Crippen LogP contribution in [0.5, 0.6) is 0 Å². The Labute approximate surface area is 105 Å². The van der Waals surface area contributed by atoms with Crippen molar-refractivity contribution in [2.24, 2.45) is 0 Å². The van der Waals surface area contributed by atoms with Crippen molar-refractivity contribution in [1.29, 1.82) is 0 Å². The fraction of sp³-hybridized carbons (Fsp3) is 0.727. The maximum atomic E-state index is 12.1. The zero-order chi connectivity index (χ0) is 13.3. The van der Waals surface area contributed by atoms with Gasteiger partial charge in [0.25, 0.3) is 5.91 Å². The van der Waals surface area contributed by atoms with Crippen LogP contribution in [0.3, 0.4) is 0 Å². The van der Waals surface area contributed by atoms with Crippen molar-refractivity contribution in [1.82, 2.24) is 20.4 Å². The molecular weight excluding hydrogens is 236 g/mol. The molecular formula is C11H18N4O3. The lowest BCUT2D eigenvalue weighted by Crippen LogP contribution is -2.53. The Morgan fingerprint density at radius 2 is 1.89 bits per heavy atom. The number of rotatable bonds is 2. The Balaban J connectivity index is 2.02. The van der Waals surface area contributed by atoms with Gasteiger partial charge in [0, 0.05) is 26.2 Å². The van der Waals surface area contributed by atoms with Gasteiger partial charge in [-0.1, -0.05) is 0 Å². The van der Waals surface area contributed by atoms with Gasteiger partial charge in [0.1, 0.15) is 12.1 Å². The van der Waals surface area contributed by atoms with E-state index < -0.39 is 11.6 Å². The molecule has 2 aliphatic heterocycles. The summed E-state index contributed by atoms with van der Waals surface area (Å²) in [7, 11) is 0. The van der Waals surface area contributed by atoms with Crippen LogP contribution in [0.15, 0.2) is 0 Å². The summed E-state index contributed by atoms with van der Waals surface area (Å²) >= 11 is 0. The second kappa shape index (κ2) is 4.56. The number of hydrogen-bond acceptors (Lipinski definition) is 4. The Bertz CT molecular complexity index is 388. The van der Waals surface area contributed by atoms with Gasteiger partial charge in [0.05, 0.1) is 0 Å². The highest BCUT2D eigenvalue weighted by molar-refractivity contribution is 6.07. The molecule has 2 saturated heterocycles. The largest absolute Gasteiger partial charge is 0.339 e. The Morgan fingerprint density at radius 3 is 2.39 bits per heavy atom. The summed E-state index contributed by atoms with van der Waals surface area (Å²) in [5, 5.41) is 5.38. The predicted octanol–water partition coefficient (Wildman–Crippen LogP) is -1.25. The maximum absolute atomic E-state index is 12.1. The van der Waals surface area contributed by atoms with Crippen LogP contribution in [0.4, 0.5) is 4.79 Å². The van der Waals surface area contributed by atoms with Crippen molar-refractivity contribution in [3.8, 4) is 0 Å².